The average molecular weight is 298 g/mol. The standard InChI is InChI=1S/C18H22N2O2/c1-15-7-5-10-17(13-15)20-18(21)19-11-6-12-22-14-16-8-3-2-4-9-16/h2-5,7-10,13H,6,11-12,14H2,1H3,(H2,19,20,21). The highest BCUT2D eigenvalue weighted by atomic mass is 16.5. The van der Waals surface area contributed by atoms with Crippen molar-refractivity contribution in [3.05, 3.63) is 65.7 Å². The summed E-state index contributed by atoms with van der Waals surface area (Å²) in [5.74, 6) is 0. The number of benzene rings is 2. The van der Waals surface area contributed by atoms with Crippen LogP contribution in [0.4, 0.5) is 10.5 Å². The van der Waals surface area contributed by atoms with Crippen molar-refractivity contribution in [2.45, 2.75) is 20.0 Å². The van der Waals surface area contributed by atoms with Gasteiger partial charge in [0.25, 0.3) is 0 Å². The molecule has 0 bridgehead atoms. The van der Waals surface area contributed by atoms with Crippen LogP contribution in [0.1, 0.15) is 17.5 Å². The quantitative estimate of drug-likeness (QED) is 0.765. The Balaban J connectivity index is 1.56. The molecule has 0 aliphatic carbocycles. The molecule has 2 aromatic carbocycles. The maximum absolute atomic E-state index is 11.7. The van der Waals surface area contributed by atoms with Crippen molar-refractivity contribution < 1.29 is 9.53 Å². The predicted octanol–water partition coefficient (Wildman–Crippen LogP) is 3.72. The van der Waals surface area contributed by atoms with Gasteiger partial charge in [0.2, 0.25) is 0 Å². The summed E-state index contributed by atoms with van der Waals surface area (Å²) in [7, 11) is 0. The smallest absolute Gasteiger partial charge is 0.319 e. The molecule has 2 aromatic rings. The minimum atomic E-state index is -0.186. The number of hydrogen-bond acceptors (Lipinski definition) is 2. The van der Waals surface area contributed by atoms with E-state index < -0.39 is 0 Å². The lowest BCUT2D eigenvalue weighted by Gasteiger charge is -2.08. The Kier molecular flexibility index (Phi) is 6.45. The third-order valence-corrected chi connectivity index (χ3v) is 3.14. The highest BCUT2D eigenvalue weighted by Crippen LogP contribution is 2.08. The van der Waals surface area contributed by atoms with E-state index in [1.54, 1.807) is 0 Å². The van der Waals surface area contributed by atoms with Gasteiger partial charge < -0.3 is 15.4 Å². The predicted molar refractivity (Wildman–Crippen MR) is 88.9 cm³/mol. The fourth-order valence-corrected chi connectivity index (χ4v) is 2.04. The van der Waals surface area contributed by atoms with Crippen molar-refractivity contribution in [2.75, 3.05) is 18.5 Å². The van der Waals surface area contributed by atoms with Crippen LogP contribution in [0.25, 0.3) is 0 Å². The van der Waals surface area contributed by atoms with Crippen LogP contribution in [0.2, 0.25) is 0 Å². The van der Waals surface area contributed by atoms with Crippen molar-refractivity contribution in [3.8, 4) is 0 Å². The van der Waals surface area contributed by atoms with Crippen molar-refractivity contribution in [2.24, 2.45) is 0 Å². The molecule has 0 heterocycles. The molecule has 2 amide bonds. The van der Waals surface area contributed by atoms with Gasteiger partial charge in [-0.15, -0.1) is 0 Å². The van der Waals surface area contributed by atoms with Crippen molar-refractivity contribution in [1.29, 1.82) is 0 Å². The molecular weight excluding hydrogens is 276 g/mol. The molecule has 22 heavy (non-hydrogen) atoms. The largest absolute Gasteiger partial charge is 0.377 e. The second-order valence-corrected chi connectivity index (χ2v) is 5.14. The highest BCUT2D eigenvalue weighted by molar-refractivity contribution is 5.89. The maximum atomic E-state index is 11.7. The van der Waals surface area contributed by atoms with Crippen molar-refractivity contribution in [1.82, 2.24) is 5.32 Å². The molecule has 0 saturated heterocycles. The van der Waals surface area contributed by atoms with Gasteiger partial charge in [-0.25, -0.2) is 4.79 Å². The Bertz CT molecular complexity index is 585. The summed E-state index contributed by atoms with van der Waals surface area (Å²) in [6.45, 7) is 3.82. The molecule has 2 N–H and O–H groups in total. The molecule has 0 saturated carbocycles. The van der Waals surface area contributed by atoms with Gasteiger partial charge in [0.1, 0.15) is 0 Å². The summed E-state index contributed by atoms with van der Waals surface area (Å²) in [5, 5.41) is 5.63. The summed E-state index contributed by atoms with van der Waals surface area (Å²) in [4.78, 5) is 11.7. The lowest BCUT2D eigenvalue weighted by atomic mass is 10.2. The zero-order chi connectivity index (χ0) is 15.6. The number of urea groups is 1. The van der Waals surface area contributed by atoms with E-state index in [-0.39, 0.29) is 6.03 Å². The number of nitrogens with one attached hydrogen (secondary N) is 2. The average Bonchev–Trinajstić information content (AvgIpc) is 2.52. The van der Waals surface area contributed by atoms with E-state index >= 15 is 0 Å². The normalized spacial score (nSPS) is 10.2. The van der Waals surface area contributed by atoms with Gasteiger partial charge in [0.05, 0.1) is 6.61 Å². The molecule has 2 rings (SSSR count). The lowest BCUT2D eigenvalue weighted by Crippen LogP contribution is -2.30. The molecule has 4 nitrogen and oxygen atoms in total. The molecule has 0 spiro atoms. The van der Waals surface area contributed by atoms with Gasteiger partial charge >= 0.3 is 6.03 Å². The molecule has 0 unspecified atom stereocenters. The minimum absolute atomic E-state index is 0.186. The molecule has 0 aromatic heterocycles. The minimum Gasteiger partial charge on any atom is -0.377 e. The fraction of sp³-hybridized carbons (Fsp3) is 0.278. The SMILES string of the molecule is Cc1cccc(NC(=O)NCCCOCc2ccccc2)c1. The summed E-state index contributed by atoms with van der Waals surface area (Å²) in [6.07, 6.45) is 0.786. The van der Waals surface area contributed by atoms with E-state index in [2.05, 4.69) is 10.6 Å². The van der Waals surface area contributed by atoms with Crippen LogP contribution in [-0.4, -0.2) is 19.2 Å². The van der Waals surface area contributed by atoms with Crippen molar-refractivity contribution >= 4 is 11.7 Å². The van der Waals surface area contributed by atoms with Gasteiger partial charge in [-0.1, -0.05) is 42.5 Å². The van der Waals surface area contributed by atoms with Crippen LogP contribution in [0, 0.1) is 6.92 Å². The second-order valence-electron chi connectivity index (χ2n) is 5.14. The van der Waals surface area contributed by atoms with Crippen molar-refractivity contribution in [3.63, 3.8) is 0 Å². The molecular formula is C18H22N2O2. The second kappa shape index (κ2) is 8.85. The lowest BCUT2D eigenvalue weighted by molar-refractivity contribution is 0.119. The Labute approximate surface area is 131 Å². The first-order chi connectivity index (χ1) is 10.7. The van der Waals surface area contributed by atoms with Crippen LogP contribution >= 0.6 is 0 Å². The zero-order valence-electron chi connectivity index (χ0n) is 12.8. The first kappa shape index (κ1) is 16.0. The summed E-state index contributed by atoms with van der Waals surface area (Å²) >= 11 is 0. The first-order valence-corrected chi connectivity index (χ1v) is 7.47. The third-order valence-electron chi connectivity index (χ3n) is 3.14. The monoisotopic (exact) mass is 298 g/mol. The molecule has 0 aliphatic heterocycles. The van der Waals surface area contributed by atoms with E-state index in [4.69, 9.17) is 4.74 Å². The van der Waals surface area contributed by atoms with Gasteiger partial charge in [-0.2, -0.15) is 0 Å². The van der Waals surface area contributed by atoms with E-state index in [1.165, 1.54) is 0 Å². The van der Waals surface area contributed by atoms with Gasteiger partial charge in [-0.05, 0) is 36.6 Å². The molecule has 0 aliphatic rings. The van der Waals surface area contributed by atoms with Gasteiger partial charge in [-0.3, -0.25) is 0 Å². The topological polar surface area (TPSA) is 50.4 Å². The maximum Gasteiger partial charge on any atom is 0.319 e. The Morgan fingerprint density at radius 2 is 1.91 bits per heavy atom. The number of carbonyl (C=O) groups excluding carboxylic acids is 1. The molecule has 4 heteroatoms. The molecule has 0 fully saturated rings. The van der Waals surface area contributed by atoms with Crippen LogP contribution in [0.5, 0.6) is 0 Å². The third kappa shape index (κ3) is 5.97. The number of carbonyl (C=O) groups is 1. The van der Waals surface area contributed by atoms with Crippen LogP contribution < -0.4 is 10.6 Å². The number of amides is 2. The summed E-state index contributed by atoms with van der Waals surface area (Å²) in [6, 6.07) is 17.6. The molecule has 116 valence electrons. The van der Waals surface area contributed by atoms with Crippen LogP contribution in [0.15, 0.2) is 54.6 Å². The van der Waals surface area contributed by atoms with Gasteiger partial charge in [0, 0.05) is 18.8 Å². The fourth-order valence-electron chi connectivity index (χ4n) is 2.04. The van der Waals surface area contributed by atoms with E-state index in [0.29, 0.717) is 19.8 Å². The number of hydrogen-bond donors (Lipinski definition) is 2. The number of ether oxygens (including phenoxy) is 1. The summed E-state index contributed by atoms with van der Waals surface area (Å²) in [5.41, 5.74) is 3.08. The number of aryl methyl sites for hydroxylation is 1. The highest BCUT2D eigenvalue weighted by Gasteiger charge is 2.00. The van der Waals surface area contributed by atoms with E-state index in [1.807, 2.05) is 61.5 Å². The van der Waals surface area contributed by atoms with E-state index in [9.17, 15) is 4.79 Å². The van der Waals surface area contributed by atoms with Crippen LogP contribution in [0.3, 0.4) is 0 Å². The number of rotatable bonds is 7. The zero-order valence-corrected chi connectivity index (χ0v) is 12.8. The van der Waals surface area contributed by atoms with Crippen LogP contribution in [-0.2, 0) is 11.3 Å². The van der Waals surface area contributed by atoms with E-state index in [0.717, 1.165) is 23.2 Å². The molecule has 0 atom stereocenters. The first-order valence-electron chi connectivity index (χ1n) is 7.47. The van der Waals surface area contributed by atoms with Gasteiger partial charge in [0.15, 0.2) is 0 Å². The number of anilines is 1. The molecule has 0 radical (unpaired) electrons. The Morgan fingerprint density at radius 1 is 1.09 bits per heavy atom. The Hall–Kier alpha value is -2.33. The Morgan fingerprint density at radius 3 is 2.68 bits per heavy atom. The summed E-state index contributed by atoms with van der Waals surface area (Å²) < 4.78 is 5.56.